The fourth-order valence-electron chi connectivity index (χ4n) is 2.79. The van der Waals surface area contributed by atoms with Gasteiger partial charge in [0.15, 0.2) is 5.13 Å². The summed E-state index contributed by atoms with van der Waals surface area (Å²) in [6.45, 7) is 4.39. The Labute approximate surface area is 184 Å². The van der Waals surface area contributed by atoms with Crippen LogP contribution in [0.4, 0.5) is 10.8 Å². The van der Waals surface area contributed by atoms with E-state index < -0.39 is 0 Å². The Bertz CT molecular complexity index is 885. The molecule has 1 atom stereocenters. The van der Waals surface area contributed by atoms with E-state index in [4.69, 9.17) is 23.2 Å². The van der Waals surface area contributed by atoms with Gasteiger partial charge in [0.2, 0.25) is 5.91 Å². The number of thiazole rings is 1. The molecule has 0 radical (unpaired) electrons. The van der Waals surface area contributed by atoms with Gasteiger partial charge in [-0.25, -0.2) is 4.98 Å². The predicted molar refractivity (Wildman–Crippen MR) is 118 cm³/mol. The van der Waals surface area contributed by atoms with E-state index in [1.165, 1.54) is 11.3 Å². The molecule has 0 saturated heterocycles. The number of halogens is 2. The van der Waals surface area contributed by atoms with E-state index in [9.17, 15) is 9.59 Å². The fraction of sp³-hybridized carbons (Fsp3) is 0.450. The molecular weight excluding hydrogens is 431 g/mol. The van der Waals surface area contributed by atoms with Crippen LogP contribution in [0.2, 0.25) is 10.0 Å². The number of rotatable bonds is 9. The van der Waals surface area contributed by atoms with Crippen molar-refractivity contribution < 1.29 is 9.59 Å². The van der Waals surface area contributed by atoms with Gasteiger partial charge in [-0.3, -0.25) is 9.59 Å². The first-order valence-corrected chi connectivity index (χ1v) is 11.3. The number of amides is 2. The number of carbonyl (C=O) groups is 2. The maximum atomic E-state index is 13.0. The van der Waals surface area contributed by atoms with E-state index in [0.717, 1.165) is 19.3 Å². The van der Waals surface area contributed by atoms with E-state index >= 15 is 0 Å². The minimum absolute atomic E-state index is 0.0333. The molecule has 2 aromatic rings. The number of nitrogens with zero attached hydrogens (tertiary/aromatic N) is 2. The molecule has 9 heteroatoms. The fourth-order valence-corrected chi connectivity index (χ4v) is 3.83. The Hall–Kier alpha value is -1.83. The Morgan fingerprint density at radius 3 is 2.79 bits per heavy atom. The summed E-state index contributed by atoms with van der Waals surface area (Å²) in [7, 11) is 0. The SMILES string of the molecule is CC[C@H](C)NC(=O)CCN(C(=O)c1csc(Nc2cc(Cl)ccc2Cl)n1)C1CC1. The molecule has 1 fully saturated rings. The highest BCUT2D eigenvalue weighted by atomic mass is 35.5. The molecule has 0 bridgehead atoms. The minimum atomic E-state index is -0.148. The number of carbonyl (C=O) groups excluding carboxylic acids is 2. The highest BCUT2D eigenvalue weighted by molar-refractivity contribution is 7.14. The van der Waals surface area contributed by atoms with Crippen LogP contribution in [-0.4, -0.2) is 40.3 Å². The lowest BCUT2D eigenvalue weighted by molar-refractivity contribution is -0.121. The molecule has 2 N–H and O–H groups in total. The number of nitrogens with one attached hydrogen (secondary N) is 2. The number of benzene rings is 1. The zero-order valence-corrected chi connectivity index (χ0v) is 18.7. The predicted octanol–water partition coefficient (Wildman–Crippen LogP) is 5.10. The average Bonchev–Trinajstić information content (AvgIpc) is 3.42. The highest BCUT2D eigenvalue weighted by Gasteiger charge is 2.34. The van der Waals surface area contributed by atoms with Crippen LogP contribution >= 0.6 is 34.5 Å². The van der Waals surface area contributed by atoms with E-state index in [1.807, 2.05) is 13.8 Å². The lowest BCUT2D eigenvalue weighted by atomic mass is 10.2. The number of aromatic nitrogens is 1. The van der Waals surface area contributed by atoms with Crippen molar-refractivity contribution in [3.05, 3.63) is 39.3 Å². The topological polar surface area (TPSA) is 74.3 Å². The van der Waals surface area contributed by atoms with Gasteiger partial charge in [-0.05, 0) is 44.4 Å². The molecule has 0 unspecified atom stereocenters. The molecule has 1 saturated carbocycles. The second-order valence-electron chi connectivity index (χ2n) is 7.14. The number of hydrogen-bond donors (Lipinski definition) is 2. The summed E-state index contributed by atoms with van der Waals surface area (Å²) in [4.78, 5) is 31.2. The van der Waals surface area contributed by atoms with Gasteiger partial charge in [0.1, 0.15) is 5.69 Å². The van der Waals surface area contributed by atoms with Gasteiger partial charge in [0, 0.05) is 35.5 Å². The van der Waals surface area contributed by atoms with Crippen molar-refractivity contribution in [2.24, 2.45) is 0 Å². The summed E-state index contributed by atoms with van der Waals surface area (Å²) in [5.41, 5.74) is 0.998. The van der Waals surface area contributed by atoms with Crippen molar-refractivity contribution in [2.45, 2.75) is 51.6 Å². The van der Waals surface area contributed by atoms with Crippen LogP contribution in [0.3, 0.4) is 0 Å². The summed E-state index contributed by atoms with van der Waals surface area (Å²) in [6.07, 6.45) is 3.10. The number of anilines is 2. The molecule has 3 rings (SSSR count). The van der Waals surface area contributed by atoms with Crippen molar-refractivity contribution in [1.82, 2.24) is 15.2 Å². The van der Waals surface area contributed by atoms with Gasteiger partial charge in [0.25, 0.3) is 5.91 Å². The van der Waals surface area contributed by atoms with Crippen molar-refractivity contribution in [2.75, 3.05) is 11.9 Å². The summed E-state index contributed by atoms with van der Waals surface area (Å²) in [5.74, 6) is -0.181. The molecule has 1 heterocycles. The Morgan fingerprint density at radius 1 is 1.34 bits per heavy atom. The summed E-state index contributed by atoms with van der Waals surface area (Å²) >= 11 is 13.5. The summed E-state index contributed by atoms with van der Waals surface area (Å²) in [5, 5.41) is 9.40. The normalized spacial score (nSPS) is 14.3. The molecule has 0 spiro atoms. The Kier molecular flexibility index (Phi) is 7.38. The third-order valence-electron chi connectivity index (χ3n) is 4.74. The van der Waals surface area contributed by atoms with Crippen molar-refractivity contribution >= 4 is 57.2 Å². The van der Waals surface area contributed by atoms with Crippen LogP contribution < -0.4 is 10.6 Å². The summed E-state index contributed by atoms with van der Waals surface area (Å²) in [6, 6.07) is 5.44. The van der Waals surface area contributed by atoms with Crippen LogP contribution in [-0.2, 0) is 4.79 Å². The molecule has 2 amide bonds. The van der Waals surface area contributed by atoms with Crippen LogP contribution in [0.5, 0.6) is 0 Å². The third-order valence-corrected chi connectivity index (χ3v) is 6.06. The molecule has 1 aromatic carbocycles. The van der Waals surface area contributed by atoms with Gasteiger partial charge in [0.05, 0.1) is 10.7 Å². The first-order valence-electron chi connectivity index (χ1n) is 9.65. The lowest BCUT2D eigenvalue weighted by Crippen LogP contribution is -2.38. The van der Waals surface area contributed by atoms with Gasteiger partial charge in [-0.15, -0.1) is 11.3 Å². The molecule has 1 aliphatic rings. The van der Waals surface area contributed by atoms with Gasteiger partial charge in [-0.1, -0.05) is 30.1 Å². The maximum Gasteiger partial charge on any atom is 0.273 e. The van der Waals surface area contributed by atoms with Crippen molar-refractivity contribution in [3.63, 3.8) is 0 Å². The lowest BCUT2D eigenvalue weighted by Gasteiger charge is -2.21. The largest absolute Gasteiger partial charge is 0.354 e. The van der Waals surface area contributed by atoms with Gasteiger partial charge < -0.3 is 15.5 Å². The first kappa shape index (κ1) is 21.9. The number of hydrogen-bond acceptors (Lipinski definition) is 5. The van der Waals surface area contributed by atoms with E-state index in [0.29, 0.717) is 39.5 Å². The summed E-state index contributed by atoms with van der Waals surface area (Å²) < 4.78 is 0. The standard InChI is InChI=1S/C20H24Cl2N4O2S/c1-3-12(2)23-18(27)8-9-26(14-5-6-14)19(28)17-11-29-20(25-17)24-16-10-13(21)4-7-15(16)22/h4,7,10-12,14H,3,5-6,8-9H2,1-2H3,(H,23,27)(H,24,25)/t12-/m0/s1. The minimum Gasteiger partial charge on any atom is -0.354 e. The average molecular weight is 455 g/mol. The molecule has 6 nitrogen and oxygen atoms in total. The van der Waals surface area contributed by atoms with E-state index in [-0.39, 0.29) is 23.9 Å². The van der Waals surface area contributed by atoms with E-state index in [2.05, 4.69) is 15.6 Å². The second-order valence-corrected chi connectivity index (χ2v) is 8.85. The quantitative estimate of drug-likeness (QED) is 0.552. The second kappa shape index (κ2) is 9.78. The van der Waals surface area contributed by atoms with Crippen molar-refractivity contribution in [3.8, 4) is 0 Å². The Morgan fingerprint density at radius 2 is 2.10 bits per heavy atom. The molecule has 156 valence electrons. The highest BCUT2D eigenvalue weighted by Crippen LogP contribution is 2.32. The van der Waals surface area contributed by atoms with Crippen LogP contribution in [0.15, 0.2) is 23.6 Å². The monoisotopic (exact) mass is 454 g/mol. The zero-order valence-electron chi connectivity index (χ0n) is 16.4. The molecule has 1 aliphatic carbocycles. The maximum absolute atomic E-state index is 13.0. The Balaban J connectivity index is 1.63. The van der Waals surface area contributed by atoms with Crippen LogP contribution in [0.1, 0.15) is 50.0 Å². The molecule has 1 aromatic heterocycles. The first-order chi connectivity index (χ1) is 13.9. The van der Waals surface area contributed by atoms with E-state index in [1.54, 1.807) is 28.5 Å². The van der Waals surface area contributed by atoms with Gasteiger partial charge >= 0.3 is 0 Å². The zero-order chi connectivity index (χ0) is 21.0. The van der Waals surface area contributed by atoms with Crippen LogP contribution in [0, 0.1) is 0 Å². The molecule has 0 aliphatic heterocycles. The molecule has 29 heavy (non-hydrogen) atoms. The van der Waals surface area contributed by atoms with Crippen LogP contribution in [0.25, 0.3) is 0 Å². The smallest absolute Gasteiger partial charge is 0.273 e. The third kappa shape index (κ3) is 6.07. The van der Waals surface area contributed by atoms with Gasteiger partial charge in [-0.2, -0.15) is 0 Å². The van der Waals surface area contributed by atoms with Crippen molar-refractivity contribution in [1.29, 1.82) is 0 Å². The molecular formula is C20H24Cl2N4O2S.